The van der Waals surface area contributed by atoms with Crippen molar-refractivity contribution in [2.24, 2.45) is 0 Å². The van der Waals surface area contributed by atoms with E-state index in [-0.39, 0.29) is 57.1 Å². The maximum Gasteiger partial charge on any atom is 0.416 e. The van der Waals surface area contributed by atoms with Crippen LogP contribution in [0.2, 0.25) is 10.0 Å². The minimum Gasteiger partial charge on any atom is -0.496 e. The summed E-state index contributed by atoms with van der Waals surface area (Å²) in [5.74, 6) is 1.65. The Morgan fingerprint density at radius 1 is 0.758 bits per heavy atom. The van der Waals surface area contributed by atoms with Gasteiger partial charge in [0.05, 0.1) is 59.3 Å². The number of amides is 5. The Kier molecular flexibility index (Phi) is 26.1. The van der Waals surface area contributed by atoms with Crippen molar-refractivity contribution in [1.82, 2.24) is 35.0 Å². The van der Waals surface area contributed by atoms with Crippen molar-refractivity contribution in [2.75, 3.05) is 64.7 Å². The minimum absolute atomic E-state index is 0.0202. The number of ketones is 1. The van der Waals surface area contributed by atoms with Gasteiger partial charge in [-0.15, -0.1) is 0 Å². The third-order valence-corrected chi connectivity index (χ3v) is 17.9. The summed E-state index contributed by atoms with van der Waals surface area (Å²) in [7, 11) is 5.19. The molecule has 95 heavy (non-hydrogen) atoms. The Morgan fingerprint density at radius 3 is 1.96 bits per heavy atom. The number of nitrogens with zero attached hydrogens (tertiary/aromatic N) is 6. The SMILES string of the molecule is CCC(C)(CC)c1cc(NC(=O)c2c(OC)cccc2OC)on1.CN(C)C(=O)Nc1cc(C(C)(C)C)on1.CON(C)C(=O)Nc1ccc(Cl)c(Cl)c1.CS(=O)(=O)c1cc(C(F)(F)F)ccc1C(=O)c1cnoc1C1CC1.O=c1[nH]c2c(c(=O)n1C1CCCCC1)CCC2. The van der Waals surface area contributed by atoms with E-state index in [2.05, 4.69) is 57.2 Å². The van der Waals surface area contributed by atoms with Crippen molar-refractivity contribution in [3.8, 4) is 11.5 Å². The first-order valence-corrected chi connectivity index (χ1v) is 33.1. The summed E-state index contributed by atoms with van der Waals surface area (Å²) in [5, 5.41) is 21.2. The number of hydrogen-bond acceptors (Lipinski definition) is 17. The number of sulfone groups is 1. The summed E-state index contributed by atoms with van der Waals surface area (Å²) in [4.78, 5) is 80.6. The van der Waals surface area contributed by atoms with Crippen LogP contribution in [0.5, 0.6) is 11.5 Å². The summed E-state index contributed by atoms with van der Waals surface area (Å²) in [5.41, 5.74) is 1.67. The first-order valence-electron chi connectivity index (χ1n) is 30.5. The molecule has 3 aromatic carbocycles. The lowest BCUT2D eigenvalue weighted by Crippen LogP contribution is -2.40. The van der Waals surface area contributed by atoms with E-state index in [4.69, 9.17) is 51.1 Å². The van der Waals surface area contributed by atoms with Crippen molar-refractivity contribution in [1.29, 1.82) is 0 Å². The van der Waals surface area contributed by atoms with E-state index < -0.39 is 38.3 Å². The standard InChI is InChI=1S/C18H24N2O4.C15H12F3NO4S.C13H18N2O2.C10H17N3O2.C9H10Cl2N2O2/c1-6-18(3,7-2)14-11-15(24-20-14)19-17(21)16-12(22-4)9-8-10-13(16)23-5;1-24(21,22)12-6-9(15(16,17)18)4-5-10(12)13(20)11-7-19-23-14(11)8-2-3-8;16-12-10-7-4-8-11(10)14-13(17)15(12)9-5-2-1-3-6-9;1-10(2,3)7-6-8(12-15-7)11-9(14)13(4)5;1-13(15-2)9(14)12-6-3-4-7(10)8(11)5-6/h8-11H,6-7H2,1-5H3,(H,19,21);4-8H,2-3H2,1H3;9H,1-8H2,(H,14,17);6H,1-5H3,(H,11,12,14);3-5H,1-2H3,(H,12,14). The topological polar surface area (TPSA) is 306 Å². The number of carbonyl (C=O) groups excluding carboxylic acids is 4. The molecule has 0 bridgehead atoms. The molecule has 0 unspecified atom stereocenters. The molecule has 2 saturated carbocycles. The second-order valence-electron chi connectivity index (χ2n) is 24.1. The monoisotopic (exact) mass is 1380 g/mol. The molecule has 0 radical (unpaired) electrons. The second kappa shape index (κ2) is 32.8. The fraction of sp³-hybridized carbons (Fsp3) is 0.462. The van der Waals surface area contributed by atoms with Crippen molar-refractivity contribution >= 4 is 74.2 Å². The number of benzene rings is 3. The van der Waals surface area contributed by atoms with Crippen LogP contribution in [0, 0.1) is 0 Å². The van der Waals surface area contributed by atoms with E-state index in [0.717, 1.165) is 111 Å². The van der Waals surface area contributed by atoms with Crippen LogP contribution in [0.1, 0.15) is 178 Å². The smallest absolute Gasteiger partial charge is 0.416 e. The minimum atomic E-state index is -4.71. The second-order valence-corrected chi connectivity index (χ2v) is 26.9. The number of alkyl halides is 3. The molecule has 24 nitrogen and oxygen atoms in total. The molecule has 3 aliphatic rings. The third-order valence-electron chi connectivity index (χ3n) is 16.1. The molecule has 516 valence electrons. The number of methoxy groups -OCH3 is 2. The van der Waals surface area contributed by atoms with Gasteiger partial charge in [0.25, 0.3) is 11.5 Å². The summed E-state index contributed by atoms with van der Waals surface area (Å²) in [6, 6.07) is 15.1. The molecule has 0 atom stereocenters. The molecule has 5 amide bonds. The fourth-order valence-corrected chi connectivity index (χ4v) is 11.1. The maximum absolute atomic E-state index is 12.8. The van der Waals surface area contributed by atoms with Gasteiger partial charge in [0.15, 0.2) is 27.2 Å². The molecule has 0 spiro atoms. The maximum atomic E-state index is 12.8. The lowest BCUT2D eigenvalue weighted by molar-refractivity contribution is -0.137. The Bertz CT molecular complexity index is 4030. The number of nitrogens with one attached hydrogen (secondary N) is 4. The number of aryl methyl sites for hydroxylation is 1. The number of ether oxygens (including phenoxy) is 2. The van der Waals surface area contributed by atoms with Gasteiger partial charge in [0.2, 0.25) is 5.88 Å². The van der Waals surface area contributed by atoms with Crippen LogP contribution >= 0.6 is 23.2 Å². The fourth-order valence-electron chi connectivity index (χ4n) is 9.86. The number of hydrogen-bond donors (Lipinski definition) is 4. The predicted molar refractivity (Wildman–Crippen MR) is 352 cm³/mol. The van der Waals surface area contributed by atoms with Crippen LogP contribution < -0.4 is 36.7 Å². The molecule has 4 aromatic heterocycles. The average Bonchev–Trinajstić information content (AvgIpc) is 1.76. The number of halogens is 5. The van der Waals surface area contributed by atoms with Gasteiger partial charge in [-0.2, -0.15) is 13.2 Å². The van der Waals surface area contributed by atoms with Gasteiger partial charge < -0.3 is 38.2 Å². The molecule has 4 heterocycles. The predicted octanol–water partition coefficient (Wildman–Crippen LogP) is 13.8. The lowest BCUT2D eigenvalue weighted by Gasteiger charge is -2.23. The van der Waals surface area contributed by atoms with Gasteiger partial charge in [0.1, 0.15) is 22.8 Å². The normalized spacial score (nSPS) is 13.7. The van der Waals surface area contributed by atoms with Gasteiger partial charge in [-0.25, -0.2) is 27.9 Å². The first kappa shape index (κ1) is 75.6. The average molecular weight is 1390 g/mol. The third kappa shape index (κ3) is 20.0. The Labute approximate surface area is 558 Å². The van der Waals surface area contributed by atoms with Crippen molar-refractivity contribution in [2.45, 2.75) is 152 Å². The number of anilines is 3. The highest BCUT2D eigenvalue weighted by Crippen LogP contribution is 2.43. The van der Waals surface area contributed by atoms with E-state index in [1.165, 1.54) is 50.5 Å². The number of H-pyrrole nitrogens is 1. The molecule has 30 heteroatoms. The van der Waals surface area contributed by atoms with Crippen LogP contribution in [0.4, 0.5) is 40.1 Å². The first-order chi connectivity index (χ1) is 44.7. The van der Waals surface area contributed by atoms with Gasteiger partial charge in [0, 0.05) is 84.8 Å². The van der Waals surface area contributed by atoms with Crippen LogP contribution in [-0.2, 0) is 44.5 Å². The summed E-state index contributed by atoms with van der Waals surface area (Å²) < 4.78 is 89.7. The molecule has 4 N–H and O–H groups in total. The number of urea groups is 2. The van der Waals surface area contributed by atoms with Gasteiger partial charge in [-0.3, -0.25) is 34.4 Å². The molecule has 0 saturated heterocycles. The highest BCUT2D eigenvalue weighted by molar-refractivity contribution is 7.90. The summed E-state index contributed by atoms with van der Waals surface area (Å²) in [6.45, 7) is 12.4. The molecule has 0 aliphatic heterocycles. The number of carbonyl (C=O) groups is 4. The number of rotatable bonds is 15. The molecule has 2 fully saturated rings. The number of aromatic amines is 1. The van der Waals surface area contributed by atoms with Crippen molar-refractivity contribution in [3.05, 3.63) is 155 Å². The summed E-state index contributed by atoms with van der Waals surface area (Å²) >= 11 is 11.5. The van der Waals surface area contributed by atoms with Crippen LogP contribution in [-0.4, -0.2) is 116 Å². The molecule has 10 rings (SSSR count). The van der Waals surface area contributed by atoms with Crippen LogP contribution in [0.3, 0.4) is 0 Å². The molecular formula is C65H81Cl2F3N10O14S. The van der Waals surface area contributed by atoms with Gasteiger partial charge in [-0.05, 0) is 106 Å². The van der Waals surface area contributed by atoms with E-state index in [1.54, 1.807) is 62.6 Å². The number of hydroxylamine groups is 2. The zero-order valence-electron chi connectivity index (χ0n) is 55.3. The van der Waals surface area contributed by atoms with E-state index in [1.807, 2.05) is 20.8 Å². The van der Waals surface area contributed by atoms with Crippen LogP contribution in [0.15, 0.2) is 101 Å². The lowest BCUT2D eigenvalue weighted by atomic mass is 9.81. The van der Waals surface area contributed by atoms with E-state index >= 15 is 0 Å². The quantitative estimate of drug-likeness (QED) is 0.0547. The number of aromatic nitrogens is 5. The van der Waals surface area contributed by atoms with Crippen LogP contribution in [0.25, 0.3) is 0 Å². The van der Waals surface area contributed by atoms with Crippen molar-refractivity contribution in [3.63, 3.8) is 0 Å². The highest BCUT2D eigenvalue weighted by atomic mass is 35.5. The Balaban J connectivity index is 0.000000191. The molecule has 3 aliphatic carbocycles. The Morgan fingerprint density at radius 2 is 1.41 bits per heavy atom. The zero-order chi connectivity index (χ0) is 70.3. The van der Waals surface area contributed by atoms with Gasteiger partial charge >= 0.3 is 23.9 Å². The molecular weight excluding hydrogens is 1300 g/mol. The highest BCUT2D eigenvalue weighted by Gasteiger charge is 2.37. The van der Waals surface area contributed by atoms with Crippen molar-refractivity contribution < 1.29 is 68.6 Å². The van der Waals surface area contributed by atoms with Gasteiger partial charge in [-0.1, -0.05) is 106 Å². The molecule has 7 aromatic rings. The Hall–Kier alpha value is -8.47. The summed E-state index contributed by atoms with van der Waals surface area (Å²) in [6.07, 6.45) is 8.85. The van der Waals surface area contributed by atoms with E-state index in [0.29, 0.717) is 62.4 Å². The largest absolute Gasteiger partial charge is 0.496 e. The zero-order valence-corrected chi connectivity index (χ0v) is 57.6. The number of fused-ring (bicyclic) bond motifs is 1. The van der Waals surface area contributed by atoms with E-state index in [9.17, 15) is 50.4 Å².